The number of hydrogen-bond acceptors (Lipinski definition) is 6. The summed E-state index contributed by atoms with van der Waals surface area (Å²) >= 11 is 0. The molecule has 2 aromatic rings. The lowest BCUT2D eigenvalue weighted by Gasteiger charge is -2.21. The van der Waals surface area contributed by atoms with Gasteiger partial charge in [0.15, 0.2) is 12.1 Å². The Bertz CT molecular complexity index is 1090. The molecule has 8 heteroatoms. The molecule has 0 saturated carbocycles. The quantitative estimate of drug-likeness (QED) is 0.792. The molecule has 0 unspecified atom stereocenters. The third kappa shape index (κ3) is 3.34. The summed E-state index contributed by atoms with van der Waals surface area (Å²) in [5.74, 6) is -1.17. The number of carbonyl (C=O) groups is 3. The molecule has 2 heterocycles. The van der Waals surface area contributed by atoms with Gasteiger partial charge >= 0.3 is 0 Å². The van der Waals surface area contributed by atoms with Gasteiger partial charge in [-0.05, 0) is 62.6 Å². The number of benzene rings is 2. The monoisotopic (exact) mass is 405 g/mol. The SMILES string of the molecule is Cc1ccc(NC(=O)CN2N=N[C@@H]3C(=O)N(c4ccc(C)c(C)c4)C(=O)[C@H]32)c(C)c1. The van der Waals surface area contributed by atoms with Crippen LogP contribution < -0.4 is 10.2 Å². The van der Waals surface area contributed by atoms with Crippen LogP contribution in [0.5, 0.6) is 0 Å². The van der Waals surface area contributed by atoms with Gasteiger partial charge in [0, 0.05) is 5.69 Å². The average Bonchev–Trinajstić information content (AvgIpc) is 3.20. The molecule has 3 amide bonds. The summed E-state index contributed by atoms with van der Waals surface area (Å²) in [6, 6.07) is 9.32. The molecule has 0 aliphatic carbocycles. The van der Waals surface area contributed by atoms with E-state index in [-0.39, 0.29) is 12.5 Å². The molecule has 2 aromatic carbocycles. The van der Waals surface area contributed by atoms with Gasteiger partial charge in [-0.2, -0.15) is 5.11 Å². The van der Waals surface area contributed by atoms with Gasteiger partial charge in [0.1, 0.15) is 6.54 Å². The number of hydrogen-bond donors (Lipinski definition) is 1. The summed E-state index contributed by atoms with van der Waals surface area (Å²) in [5, 5.41) is 12.0. The van der Waals surface area contributed by atoms with Crippen molar-refractivity contribution in [1.29, 1.82) is 0 Å². The topological polar surface area (TPSA) is 94.4 Å². The number of rotatable bonds is 4. The Labute approximate surface area is 174 Å². The van der Waals surface area contributed by atoms with Crippen molar-refractivity contribution in [1.82, 2.24) is 5.01 Å². The maximum absolute atomic E-state index is 13.0. The first-order valence-corrected chi connectivity index (χ1v) is 9.76. The van der Waals surface area contributed by atoms with Gasteiger partial charge in [-0.15, -0.1) is 0 Å². The molecule has 1 fully saturated rings. The van der Waals surface area contributed by atoms with E-state index in [2.05, 4.69) is 15.7 Å². The van der Waals surface area contributed by atoms with Gasteiger partial charge in [0.2, 0.25) is 5.91 Å². The molecular formula is C22H23N5O3. The predicted octanol–water partition coefficient (Wildman–Crippen LogP) is 2.85. The van der Waals surface area contributed by atoms with E-state index in [1.165, 1.54) is 5.01 Å². The van der Waals surface area contributed by atoms with Crippen LogP contribution in [0.2, 0.25) is 0 Å². The fraction of sp³-hybridized carbons (Fsp3) is 0.318. The number of fused-ring (bicyclic) bond motifs is 1. The molecule has 2 aliphatic rings. The van der Waals surface area contributed by atoms with Crippen LogP contribution in [0.3, 0.4) is 0 Å². The highest BCUT2D eigenvalue weighted by molar-refractivity contribution is 6.25. The molecular weight excluding hydrogens is 382 g/mol. The van der Waals surface area contributed by atoms with Crippen LogP contribution in [0.25, 0.3) is 0 Å². The van der Waals surface area contributed by atoms with Gasteiger partial charge in [-0.3, -0.25) is 19.4 Å². The molecule has 1 saturated heterocycles. The van der Waals surface area contributed by atoms with E-state index in [1.54, 1.807) is 12.1 Å². The Kier molecular flexibility index (Phi) is 4.85. The van der Waals surface area contributed by atoms with Crippen molar-refractivity contribution in [3.63, 3.8) is 0 Å². The zero-order chi connectivity index (χ0) is 21.6. The minimum Gasteiger partial charge on any atom is -0.324 e. The van der Waals surface area contributed by atoms with Crippen LogP contribution in [-0.4, -0.2) is 41.4 Å². The lowest BCUT2D eigenvalue weighted by atomic mass is 10.1. The first-order chi connectivity index (χ1) is 14.3. The molecule has 0 radical (unpaired) electrons. The van der Waals surface area contributed by atoms with Gasteiger partial charge in [0.05, 0.1) is 5.69 Å². The smallest absolute Gasteiger partial charge is 0.263 e. The molecule has 4 rings (SSSR count). The van der Waals surface area contributed by atoms with E-state index in [9.17, 15) is 14.4 Å². The van der Waals surface area contributed by atoms with Crippen molar-refractivity contribution in [3.05, 3.63) is 58.7 Å². The van der Waals surface area contributed by atoms with Gasteiger partial charge in [-0.25, -0.2) is 4.90 Å². The van der Waals surface area contributed by atoms with Crippen molar-refractivity contribution in [2.75, 3.05) is 16.8 Å². The molecule has 30 heavy (non-hydrogen) atoms. The lowest BCUT2D eigenvalue weighted by Crippen LogP contribution is -2.43. The average molecular weight is 405 g/mol. The fourth-order valence-electron chi connectivity index (χ4n) is 3.76. The zero-order valence-corrected chi connectivity index (χ0v) is 17.3. The first-order valence-electron chi connectivity index (χ1n) is 9.76. The highest BCUT2D eigenvalue weighted by Gasteiger charge is 2.55. The Morgan fingerprint density at radius 1 is 0.967 bits per heavy atom. The second-order valence-corrected chi connectivity index (χ2v) is 7.84. The normalized spacial score (nSPS) is 20.1. The number of aryl methyl sites for hydroxylation is 4. The number of nitrogens with zero attached hydrogens (tertiary/aromatic N) is 4. The molecule has 154 valence electrons. The molecule has 0 aromatic heterocycles. The van der Waals surface area contributed by atoms with E-state index in [0.29, 0.717) is 11.4 Å². The molecule has 0 bridgehead atoms. The Morgan fingerprint density at radius 2 is 1.73 bits per heavy atom. The van der Waals surface area contributed by atoms with Crippen LogP contribution in [0.1, 0.15) is 22.3 Å². The molecule has 0 spiro atoms. The zero-order valence-electron chi connectivity index (χ0n) is 17.3. The maximum atomic E-state index is 13.0. The van der Waals surface area contributed by atoms with Gasteiger partial charge in [-0.1, -0.05) is 29.0 Å². The second-order valence-electron chi connectivity index (χ2n) is 7.84. The predicted molar refractivity (Wildman–Crippen MR) is 112 cm³/mol. The van der Waals surface area contributed by atoms with Crippen LogP contribution in [0.15, 0.2) is 46.7 Å². The minimum absolute atomic E-state index is 0.169. The summed E-state index contributed by atoms with van der Waals surface area (Å²) in [6.45, 7) is 7.61. The molecule has 1 N–H and O–H groups in total. The summed E-state index contributed by atoms with van der Waals surface area (Å²) < 4.78 is 0. The molecule has 2 atom stereocenters. The van der Waals surface area contributed by atoms with Crippen molar-refractivity contribution in [2.45, 2.75) is 39.8 Å². The fourth-order valence-corrected chi connectivity index (χ4v) is 3.76. The number of amides is 3. The standard InChI is InChI=1S/C22H23N5O3/c1-12-5-8-17(15(4)9-12)23-18(28)11-26-20-19(24-25-26)21(29)27(22(20)30)16-7-6-13(2)14(3)10-16/h5-10,19-20H,11H2,1-4H3,(H,23,28)/t19-,20-/m0/s1. The summed E-state index contributed by atoms with van der Waals surface area (Å²) in [4.78, 5) is 39.6. The van der Waals surface area contributed by atoms with Crippen molar-refractivity contribution >= 4 is 29.1 Å². The first kappa shape index (κ1) is 19.8. The van der Waals surface area contributed by atoms with Crippen LogP contribution >= 0.6 is 0 Å². The van der Waals surface area contributed by atoms with E-state index < -0.39 is 23.9 Å². The number of anilines is 2. The second kappa shape index (κ2) is 7.37. The largest absolute Gasteiger partial charge is 0.324 e. The Balaban J connectivity index is 1.50. The number of imide groups is 1. The van der Waals surface area contributed by atoms with Crippen molar-refractivity contribution in [2.24, 2.45) is 10.3 Å². The minimum atomic E-state index is -0.923. The maximum Gasteiger partial charge on any atom is 0.263 e. The Morgan fingerprint density at radius 3 is 2.43 bits per heavy atom. The van der Waals surface area contributed by atoms with E-state index >= 15 is 0 Å². The number of nitrogens with one attached hydrogen (secondary N) is 1. The van der Waals surface area contributed by atoms with Crippen molar-refractivity contribution in [3.8, 4) is 0 Å². The van der Waals surface area contributed by atoms with Gasteiger partial charge in [0.25, 0.3) is 11.8 Å². The Hall–Kier alpha value is -3.55. The highest BCUT2D eigenvalue weighted by atomic mass is 16.2. The van der Waals surface area contributed by atoms with Crippen LogP contribution in [0.4, 0.5) is 11.4 Å². The van der Waals surface area contributed by atoms with Crippen LogP contribution in [-0.2, 0) is 14.4 Å². The van der Waals surface area contributed by atoms with E-state index in [0.717, 1.165) is 27.2 Å². The van der Waals surface area contributed by atoms with Crippen LogP contribution in [0, 0.1) is 27.7 Å². The third-order valence-corrected chi connectivity index (χ3v) is 5.57. The van der Waals surface area contributed by atoms with E-state index in [4.69, 9.17) is 0 Å². The molecule has 8 nitrogen and oxygen atoms in total. The van der Waals surface area contributed by atoms with E-state index in [1.807, 2.05) is 52.0 Å². The summed E-state index contributed by atoms with van der Waals surface area (Å²) in [6.07, 6.45) is 0. The summed E-state index contributed by atoms with van der Waals surface area (Å²) in [7, 11) is 0. The molecule has 2 aliphatic heterocycles. The lowest BCUT2D eigenvalue weighted by molar-refractivity contribution is -0.123. The third-order valence-electron chi connectivity index (χ3n) is 5.57. The summed E-state index contributed by atoms with van der Waals surface area (Å²) in [5.41, 5.74) is 5.31. The number of carbonyl (C=O) groups excluding carboxylic acids is 3. The van der Waals surface area contributed by atoms with Crippen molar-refractivity contribution < 1.29 is 14.4 Å². The highest BCUT2D eigenvalue weighted by Crippen LogP contribution is 2.32. The van der Waals surface area contributed by atoms with Gasteiger partial charge < -0.3 is 5.32 Å².